The van der Waals surface area contributed by atoms with Crippen molar-refractivity contribution in [3.8, 4) is 0 Å². The molecule has 1 saturated heterocycles. The van der Waals surface area contributed by atoms with Gasteiger partial charge in [0.1, 0.15) is 0 Å². The van der Waals surface area contributed by atoms with Gasteiger partial charge in [0.05, 0.1) is 16.9 Å². The first-order chi connectivity index (χ1) is 5.88. The summed E-state index contributed by atoms with van der Waals surface area (Å²) in [4.78, 5) is 6.28. The minimum atomic E-state index is 0.792. The molecule has 0 N–H and O–H groups in total. The zero-order chi connectivity index (χ0) is 8.39. The Morgan fingerprint density at radius 1 is 1.50 bits per heavy atom. The van der Waals surface area contributed by atoms with Crippen LogP contribution in [0.25, 0.3) is 0 Å². The van der Waals surface area contributed by atoms with E-state index in [1.165, 1.54) is 0 Å². The maximum atomic E-state index is 6.01. The molecule has 2 heterocycles. The van der Waals surface area contributed by atoms with Crippen molar-refractivity contribution in [3.05, 3.63) is 29.9 Å². The Kier molecular flexibility index (Phi) is 2.17. The van der Waals surface area contributed by atoms with Crippen LogP contribution in [0.15, 0.2) is 18.5 Å². The van der Waals surface area contributed by atoms with E-state index in [-0.39, 0.29) is 0 Å². The smallest absolute Gasteiger partial charge is 0.0742 e. The minimum Gasteiger partial charge on any atom is -0.369 e. The van der Waals surface area contributed by atoms with Crippen LogP contribution in [0.2, 0.25) is 5.02 Å². The Bertz CT molecular complexity index is 269. The third-order valence-electron chi connectivity index (χ3n) is 2.04. The molecule has 0 spiro atoms. The van der Waals surface area contributed by atoms with E-state index >= 15 is 0 Å². The van der Waals surface area contributed by atoms with Gasteiger partial charge in [0.25, 0.3) is 0 Å². The van der Waals surface area contributed by atoms with Crippen LogP contribution in [0, 0.1) is 6.42 Å². The summed E-state index contributed by atoms with van der Waals surface area (Å²) in [6, 6.07) is 1.83. The van der Waals surface area contributed by atoms with E-state index in [1.807, 2.05) is 12.3 Å². The lowest BCUT2D eigenvalue weighted by Gasteiger charge is -2.17. The lowest BCUT2D eigenvalue weighted by Crippen LogP contribution is -2.18. The van der Waals surface area contributed by atoms with E-state index in [0.29, 0.717) is 0 Å². The van der Waals surface area contributed by atoms with Gasteiger partial charge in [-0.1, -0.05) is 11.6 Å². The highest BCUT2D eigenvalue weighted by Crippen LogP contribution is 2.26. The van der Waals surface area contributed by atoms with Crippen LogP contribution in [-0.4, -0.2) is 18.1 Å². The predicted molar refractivity (Wildman–Crippen MR) is 50.4 cm³/mol. The Hall–Kier alpha value is -0.760. The lowest BCUT2D eigenvalue weighted by atomic mass is 10.4. The van der Waals surface area contributed by atoms with Gasteiger partial charge < -0.3 is 4.90 Å². The van der Waals surface area contributed by atoms with Crippen molar-refractivity contribution in [2.75, 3.05) is 18.0 Å². The molecule has 2 nitrogen and oxygen atoms in total. The van der Waals surface area contributed by atoms with Gasteiger partial charge >= 0.3 is 0 Å². The molecular formula is C9H10ClN2. The molecule has 3 heteroatoms. The number of nitrogens with zero attached hydrogens (tertiary/aromatic N) is 2. The summed E-state index contributed by atoms with van der Waals surface area (Å²) in [7, 11) is 0. The number of aromatic nitrogens is 1. The monoisotopic (exact) mass is 181 g/mol. The number of rotatable bonds is 1. The maximum absolute atomic E-state index is 6.01. The highest BCUT2D eigenvalue weighted by Gasteiger charge is 2.14. The molecule has 63 valence electrons. The summed E-state index contributed by atoms with van der Waals surface area (Å²) in [5, 5.41) is 0.792. The van der Waals surface area contributed by atoms with Crippen molar-refractivity contribution in [1.82, 2.24) is 4.98 Å². The first kappa shape index (κ1) is 7.87. The average Bonchev–Trinajstić information content (AvgIpc) is 2.57. The van der Waals surface area contributed by atoms with Crippen LogP contribution >= 0.6 is 11.6 Å². The van der Waals surface area contributed by atoms with Crippen molar-refractivity contribution in [3.63, 3.8) is 0 Å². The normalized spacial score (nSPS) is 16.9. The van der Waals surface area contributed by atoms with Crippen LogP contribution in [0.4, 0.5) is 5.69 Å². The molecular weight excluding hydrogens is 172 g/mol. The fourth-order valence-corrected chi connectivity index (χ4v) is 1.63. The first-order valence-corrected chi connectivity index (χ1v) is 4.42. The van der Waals surface area contributed by atoms with Gasteiger partial charge in [-0.25, -0.2) is 0 Å². The molecule has 2 rings (SSSR count). The molecule has 1 aliphatic rings. The quantitative estimate of drug-likeness (QED) is 0.660. The second-order valence-electron chi connectivity index (χ2n) is 2.85. The third-order valence-corrected chi connectivity index (χ3v) is 2.36. The Morgan fingerprint density at radius 2 is 2.42 bits per heavy atom. The summed E-state index contributed by atoms with van der Waals surface area (Å²) >= 11 is 6.01. The average molecular weight is 182 g/mol. The Morgan fingerprint density at radius 3 is 3.08 bits per heavy atom. The molecule has 1 aliphatic heterocycles. The highest BCUT2D eigenvalue weighted by atomic mass is 35.5. The van der Waals surface area contributed by atoms with Crippen molar-refractivity contribution in [1.29, 1.82) is 0 Å². The molecule has 1 radical (unpaired) electrons. The fraction of sp³-hybridized carbons (Fsp3) is 0.333. The SMILES string of the molecule is Clc1ccncc1N1C[CH]CC1. The van der Waals surface area contributed by atoms with Crippen molar-refractivity contribution in [2.24, 2.45) is 0 Å². The molecule has 0 unspecified atom stereocenters. The molecule has 1 aromatic heterocycles. The van der Waals surface area contributed by atoms with Gasteiger partial charge in [-0.05, 0) is 18.9 Å². The zero-order valence-corrected chi connectivity index (χ0v) is 7.46. The maximum Gasteiger partial charge on any atom is 0.0742 e. The lowest BCUT2D eigenvalue weighted by molar-refractivity contribution is 0.962. The van der Waals surface area contributed by atoms with E-state index in [1.54, 1.807) is 6.20 Å². The topological polar surface area (TPSA) is 16.1 Å². The van der Waals surface area contributed by atoms with Crippen LogP contribution in [-0.2, 0) is 0 Å². The van der Waals surface area contributed by atoms with Crippen molar-refractivity contribution in [2.45, 2.75) is 6.42 Å². The Balaban J connectivity index is 2.26. The van der Waals surface area contributed by atoms with Gasteiger partial charge in [-0.15, -0.1) is 0 Å². The molecule has 0 amide bonds. The highest BCUT2D eigenvalue weighted by molar-refractivity contribution is 6.33. The van der Waals surface area contributed by atoms with E-state index < -0.39 is 0 Å². The summed E-state index contributed by atoms with van der Waals surface area (Å²) in [6.45, 7) is 2.05. The van der Waals surface area contributed by atoms with Gasteiger partial charge in [0.2, 0.25) is 0 Å². The summed E-state index contributed by atoms with van der Waals surface area (Å²) in [6.07, 6.45) is 6.93. The third kappa shape index (κ3) is 1.39. The standard InChI is InChI=1S/C9H10ClN2/c10-8-3-4-11-7-9(8)12-5-1-2-6-12/h1,3-4,7H,2,5-6H2. The zero-order valence-electron chi connectivity index (χ0n) is 6.70. The number of anilines is 1. The van der Waals surface area contributed by atoms with Crippen LogP contribution in [0.3, 0.4) is 0 Å². The number of hydrogen-bond donors (Lipinski definition) is 0. The molecule has 1 aromatic rings. The number of hydrogen-bond acceptors (Lipinski definition) is 2. The summed E-state index contributed by atoms with van der Waals surface area (Å²) in [5.41, 5.74) is 1.05. The molecule has 12 heavy (non-hydrogen) atoms. The van der Waals surface area contributed by atoms with Crippen molar-refractivity contribution >= 4 is 17.3 Å². The van der Waals surface area contributed by atoms with Gasteiger partial charge in [0, 0.05) is 19.3 Å². The van der Waals surface area contributed by atoms with E-state index in [4.69, 9.17) is 11.6 Å². The molecule has 0 aliphatic carbocycles. The van der Waals surface area contributed by atoms with E-state index in [2.05, 4.69) is 16.3 Å². The van der Waals surface area contributed by atoms with Crippen LogP contribution < -0.4 is 4.90 Å². The number of halogens is 1. The fourth-order valence-electron chi connectivity index (χ4n) is 1.41. The molecule has 0 bridgehead atoms. The second-order valence-corrected chi connectivity index (χ2v) is 3.26. The van der Waals surface area contributed by atoms with Gasteiger partial charge in [0.15, 0.2) is 0 Å². The summed E-state index contributed by atoms with van der Waals surface area (Å²) in [5.74, 6) is 0. The Labute approximate surface area is 77.2 Å². The predicted octanol–water partition coefficient (Wildman–Crippen LogP) is 2.15. The first-order valence-electron chi connectivity index (χ1n) is 4.04. The van der Waals surface area contributed by atoms with Gasteiger partial charge in [-0.2, -0.15) is 0 Å². The number of pyridine rings is 1. The molecule has 0 aromatic carbocycles. The second kappa shape index (κ2) is 3.31. The van der Waals surface area contributed by atoms with E-state index in [0.717, 1.165) is 30.2 Å². The largest absolute Gasteiger partial charge is 0.369 e. The summed E-state index contributed by atoms with van der Waals surface area (Å²) < 4.78 is 0. The van der Waals surface area contributed by atoms with Gasteiger partial charge in [-0.3, -0.25) is 4.98 Å². The molecule has 1 fully saturated rings. The molecule has 0 saturated carbocycles. The van der Waals surface area contributed by atoms with Crippen LogP contribution in [0.5, 0.6) is 0 Å². The molecule has 0 atom stereocenters. The van der Waals surface area contributed by atoms with E-state index in [9.17, 15) is 0 Å². The minimum absolute atomic E-state index is 0.792. The van der Waals surface area contributed by atoms with Crippen LogP contribution in [0.1, 0.15) is 6.42 Å². The van der Waals surface area contributed by atoms with Crippen molar-refractivity contribution < 1.29 is 0 Å².